The molecule has 0 saturated carbocycles. The molecule has 16 heavy (non-hydrogen) atoms. The fourth-order valence-electron chi connectivity index (χ4n) is 1.56. The van der Waals surface area contributed by atoms with E-state index in [1.165, 1.54) is 0 Å². The lowest BCUT2D eigenvalue weighted by Crippen LogP contribution is -2.30. The van der Waals surface area contributed by atoms with Crippen LogP contribution in [0.3, 0.4) is 0 Å². The van der Waals surface area contributed by atoms with Crippen LogP contribution in [0.2, 0.25) is 5.02 Å². The minimum atomic E-state index is -0.0951. The van der Waals surface area contributed by atoms with Gasteiger partial charge in [0.05, 0.1) is 0 Å². The zero-order valence-electron chi connectivity index (χ0n) is 9.17. The maximum absolute atomic E-state index is 11.7. The van der Waals surface area contributed by atoms with Gasteiger partial charge in [-0.1, -0.05) is 17.7 Å². The summed E-state index contributed by atoms with van der Waals surface area (Å²) in [5, 5.41) is 4.47. The van der Waals surface area contributed by atoms with Crippen molar-refractivity contribution in [3.63, 3.8) is 0 Å². The zero-order chi connectivity index (χ0) is 11.7. The van der Waals surface area contributed by atoms with Gasteiger partial charge in [0.15, 0.2) is 0 Å². The van der Waals surface area contributed by atoms with E-state index in [-0.39, 0.29) is 11.9 Å². The Hall–Kier alpha value is -1.48. The molecule has 1 amide bonds. The highest BCUT2D eigenvalue weighted by Crippen LogP contribution is 2.19. The van der Waals surface area contributed by atoms with Crippen molar-refractivity contribution >= 4 is 28.4 Å². The van der Waals surface area contributed by atoms with Gasteiger partial charge in [0.2, 0.25) is 0 Å². The number of H-pyrrole nitrogens is 1. The highest BCUT2D eigenvalue weighted by molar-refractivity contribution is 6.31. The zero-order valence-corrected chi connectivity index (χ0v) is 9.93. The molecule has 2 aromatic rings. The first kappa shape index (κ1) is 11.0. The van der Waals surface area contributed by atoms with Crippen LogP contribution in [-0.2, 0) is 0 Å². The van der Waals surface area contributed by atoms with Gasteiger partial charge in [-0.15, -0.1) is 0 Å². The van der Waals surface area contributed by atoms with Crippen molar-refractivity contribution in [1.82, 2.24) is 10.3 Å². The Morgan fingerprint density at radius 3 is 2.81 bits per heavy atom. The molecular weight excluding hydrogens is 224 g/mol. The molecule has 0 unspecified atom stereocenters. The predicted molar refractivity (Wildman–Crippen MR) is 65.9 cm³/mol. The molecule has 0 spiro atoms. The number of halogens is 1. The molecule has 1 aromatic heterocycles. The van der Waals surface area contributed by atoms with E-state index in [0.717, 1.165) is 10.9 Å². The summed E-state index contributed by atoms with van der Waals surface area (Å²) in [4.78, 5) is 14.8. The van der Waals surface area contributed by atoms with Crippen molar-refractivity contribution in [2.24, 2.45) is 0 Å². The molecule has 1 aromatic carbocycles. The summed E-state index contributed by atoms with van der Waals surface area (Å²) >= 11 is 5.87. The summed E-state index contributed by atoms with van der Waals surface area (Å²) in [5.74, 6) is -0.0951. The van der Waals surface area contributed by atoms with E-state index in [2.05, 4.69) is 10.3 Å². The number of hydrogen-bond donors (Lipinski definition) is 2. The summed E-state index contributed by atoms with van der Waals surface area (Å²) in [6.45, 7) is 3.86. The predicted octanol–water partition coefficient (Wildman–Crippen LogP) is 2.96. The smallest absolute Gasteiger partial charge is 0.267 e. The minimum absolute atomic E-state index is 0.0951. The molecule has 0 atom stereocenters. The van der Waals surface area contributed by atoms with E-state index in [9.17, 15) is 4.79 Å². The van der Waals surface area contributed by atoms with E-state index in [1.807, 2.05) is 38.1 Å². The number of benzene rings is 1. The second kappa shape index (κ2) is 4.18. The summed E-state index contributed by atoms with van der Waals surface area (Å²) in [5.41, 5.74) is 1.44. The maximum atomic E-state index is 11.7. The fraction of sp³-hybridized carbons (Fsp3) is 0.250. The van der Waals surface area contributed by atoms with Crippen LogP contribution in [0.15, 0.2) is 24.3 Å². The number of aromatic nitrogens is 1. The Morgan fingerprint density at radius 1 is 1.38 bits per heavy atom. The Kier molecular flexibility index (Phi) is 2.88. The highest BCUT2D eigenvalue weighted by atomic mass is 35.5. The van der Waals surface area contributed by atoms with Gasteiger partial charge in [-0.05, 0) is 32.0 Å². The second-order valence-electron chi connectivity index (χ2n) is 4.04. The Morgan fingerprint density at radius 2 is 2.12 bits per heavy atom. The molecule has 0 aliphatic carbocycles. The third kappa shape index (κ3) is 2.19. The van der Waals surface area contributed by atoms with E-state index in [0.29, 0.717) is 10.7 Å². The summed E-state index contributed by atoms with van der Waals surface area (Å²) < 4.78 is 0. The first-order valence-electron chi connectivity index (χ1n) is 5.15. The SMILES string of the molecule is CC(C)NC(=O)c1cc2ccc(Cl)cc2[nH]1. The van der Waals surface area contributed by atoms with Crippen molar-refractivity contribution in [2.75, 3.05) is 0 Å². The van der Waals surface area contributed by atoms with Crippen molar-refractivity contribution in [2.45, 2.75) is 19.9 Å². The van der Waals surface area contributed by atoms with E-state index in [4.69, 9.17) is 11.6 Å². The van der Waals surface area contributed by atoms with Crippen LogP contribution in [0, 0.1) is 0 Å². The van der Waals surface area contributed by atoms with Crippen LogP contribution in [0.5, 0.6) is 0 Å². The van der Waals surface area contributed by atoms with Crippen LogP contribution in [0.25, 0.3) is 10.9 Å². The molecule has 1 heterocycles. The molecule has 84 valence electrons. The number of fused-ring (bicyclic) bond motifs is 1. The standard InChI is InChI=1S/C12H13ClN2O/c1-7(2)14-12(16)11-5-8-3-4-9(13)6-10(8)15-11/h3-7,15H,1-2H3,(H,14,16). The van der Waals surface area contributed by atoms with Gasteiger partial charge in [0.1, 0.15) is 5.69 Å². The molecule has 0 bridgehead atoms. The van der Waals surface area contributed by atoms with E-state index >= 15 is 0 Å². The van der Waals surface area contributed by atoms with Gasteiger partial charge in [-0.25, -0.2) is 0 Å². The van der Waals surface area contributed by atoms with Gasteiger partial charge < -0.3 is 10.3 Å². The minimum Gasteiger partial charge on any atom is -0.350 e. The van der Waals surface area contributed by atoms with Gasteiger partial charge >= 0.3 is 0 Å². The van der Waals surface area contributed by atoms with Crippen molar-refractivity contribution in [3.8, 4) is 0 Å². The molecule has 0 radical (unpaired) electrons. The van der Waals surface area contributed by atoms with E-state index < -0.39 is 0 Å². The Labute approximate surface area is 98.8 Å². The van der Waals surface area contributed by atoms with Crippen LogP contribution >= 0.6 is 11.6 Å². The topological polar surface area (TPSA) is 44.9 Å². The molecular formula is C12H13ClN2O. The number of rotatable bonds is 2. The third-order valence-electron chi connectivity index (χ3n) is 2.25. The first-order valence-corrected chi connectivity index (χ1v) is 5.53. The van der Waals surface area contributed by atoms with Crippen molar-refractivity contribution < 1.29 is 4.79 Å². The summed E-state index contributed by atoms with van der Waals surface area (Å²) in [7, 11) is 0. The normalized spacial score (nSPS) is 11.0. The van der Waals surface area contributed by atoms with Gasteiger partial charge in [0, 0.05) is 22.0 Å². The first-order chi connectivity index (χ1) is 7.56. The van der Waals surface area contributed by atoms with E-state index in [1.54, 1.807) is 0 Å². The van der Waals surface area contributed by atoms with Gasteiger partial charge in [-0.3, -0.25) is 4.79 Å². The highest BCUT2D eigenvalue weighted by Gasteiger charge is 2.10. The van der Waals surface area contributed by atoms with Gasteiger partial charge in [0.25, 0.3) is 5.91 Å². The molecule has 0 saturated heterocycles. The summed E-state index contributed by atoms with van der Waals surface area (Å²) in [6.07, 6.45) is 0. The number of aromatic amines is 1. The van der Waals surface area contributed by atoms with Crippen LogP contribution in [-0.4, -0.2) is 16.9 Å². The number of amides is 1. The number of carbonyl (C=O) groups excluding carboxylic acids is 1. The average Bonchev–Trinajstić information content (AvgIpc) is 2.59. The lowest BCUT2D eigenvalue weighted by molar-refractivity contribution is 0.0939. The quantitative estimate of drug-likeness (QED) is 0.827. The Balaban J connectivity index is 2.36. The van der Waals surface area contributed by atoms with Crippen molar-refractivity contribution in [1.29, 1.82) is 0 Å². The fourth-order valence-corrected chi connectivity index (χ4v) is 1.73. The molecule has 0 aliphatic heterocycles. The second-order valence-corrected chi connectivity index (χ2v) is 4.48. The average molecular weight is 237 g/mol. The number of nitrogens with one attached hydrogen (secondary N) is 2. The Bertz CT molecular complexity index is 531. The molecule has 0 fully saturated rings. The monoisotopic (exact) mass is 236 g/mol. The van der Waals surface area contributed by atoms with Crippen LogP contribution in [0.1, 0.15) is 24.3 Å². The molecule has 0 aliphatic rings. The largest absolute Gasteiger partial charge is 0.350 e. The lowest BCUT2D eigenvalue weighted by Gasteiger charge is -2.05. The van der Waals surface area contributed by atoms with Gasteiger partial charge in [-0.2, -0.15) is 0 Å². The molecule has 2 N–H and O–H groups in total. The number of carbonyl (C=O) groups is 1. The molecule has 3 nitrogen and oxygen atoms in total. The maximum Gasteiger partial charge on any atom is 0.267 e. The van der Waals surface area contributed by atoms with Crippen LogP contribution in [0.4, 0.5) is 0 Å². The lowest BCUT2D eigenvalue weighted by atomic mass is 10.2. The van der Waals surface area contributed by atoms with Crippen molar-refractivity contribution in [3.05, 3.63) is 35.0 Å². The summed E-state index contributed by atoms with van der Waals surface area (Å²) in [6, 6.07) is 7.46. The van der Waals surface area contributed by atoms with Crippen LogP contribution < -0.4 is 5.32 Å². The molecule has 2 rings (SSSR count). The number of hydrogen-bond acceptors (Lipinski definition) is 1. The molecule has 4 heteroatoms. The third-order valence-corrected chi connectivity index (χ3v) is 2.48.